The molecule has 2 rings (SSSR count). The van der Waals surface area contributed by atoms with E-state index < -0.39 is 14.4 Å². The van der Waals surface area contributed by atoms with Gasteiger partial charge in [-0.05, 0) is 36.0 Å². The largest absolute Gasteiger partial charge is 0.547 e. The fourth-order valence-electron chi connectivity index (χ4n) is 3.03. The van der Waals surface area contributed by atoms with Gasteiger partial charge in [0.05, 0.1) is 12.3 Å². The molecule has 0 N–H and O–H groups in total. The number of hydrogen-bond donors (Lipinski definition) is 0. The van der Waals surface area contributed by atoms with Crippen molar-refractivity contribution in [3.8, 4) is 0 Å². The third-order valence-electron chi connectivity index (χ3n) is 5.63. The van der Waals surface area contributed by atoms with Crippen LogP contribution in [0, 0.1) is 11.3 Å². The molecule has 2 aliphatic rings. The summed E-state index contributed by atoms with van der Waals surface area (Å²) in [6.45, 7) is 15.9. The molecule has 136 valence electrons. The smallest absolute Gasteiger partial charge is 0.416 e. The van der Waals surface area contributed by atoms with Crippen molar-refractivity contribution in [1.82, 2.24) is 4.90 Å². The van der Waals surface area contributed by atoms with E-state index in [0.717, 1.165) is 12.2 Å². The lowest BCUT2D eigenvalue weighted by Gasteiger charge is -2.41. The van der Waals surface area contributed by atoms with Crippen LogP contribution in [0.25, 0.3) is 0 Å². The van der Waals surface area contributed by atoms with Crippen LogP contribution in [0.5, 0.6) is 0 Å². The Bertz CT molecular complexity index is 560. The van der Waals surface area contributed by atoms with E-state index in [0.29, 0.717) is 19.6 Å². The number of hydrogen-bond acceptors (Lipinski definition) is 4. The molecule has 0 aromatic heterocycles. The molecule has 1 atom stereocenters. The molecule has 1 aliphatic carbocycles. The first-order chi connectivity index (χ1) is 10.8. The summed E-state index contributed by atoms with van der Waals surface area (Å²) in [5, 5.41) is 0.143. The van der Waals surface area contributed by atoms with Crippen LogP contribution < -0.4 is 0 Å². The predicted molar refractivity (Wildman–Crippen MR) is 95.9 cm³/mol. The van der Waals surface area contributed by atoms with Crippen molar-refractivity contribution >= 4 is 20.3 Å². The Labute approximate surface area is 146 Å². The third kappa shape index (κ3) is 3.68. The van der Waals surface area contributed by atoms with Crippen LogP contribution in [0.1, 0.15) is 47.5 Å². The van der Waals surface area contributed by atoms with Crippen LogP contribution in [0.2, 0.25) is 18.1 Å². The van der Waals surface area contributed by atoms with Crippen molar-refractivity contribution in [2.45, 2.75) is 65.6 Å². The fraction of sp³-hybridized carbons (Fsp3) is 0.778. The minimum atomic E-state index is -1.88. The molecule has 24 heavy (non-hydrogen) atoms. The number of amides is 2. The third-order valence-corrected chi connectivity index (χ3v) is 10.0. The summed E-state index contributed by atoms with van der Waals surface area (Å²) >= 11 is 0. The molecule has 5 nitrogen and oxygen atoms in total. The van der Waals surface area contributed by atoms with Gasteiger partial charge in [-0.25, -0.2) is 9.69 Å². The lowest BCUT2D eigenvalue weighted by molar-refractivity contribution is -0.135. The van der Waals surface area contributed by atoms with Crippen molar-refractivity contribution in [2.24, 2.45) is 11.3 Å². The number of ether oxygens (including phenoxy) is 1. The zero-order chi connectivity index (χ0) is 18.3. The van der Waals surface area contributed by atoms with Gasteiger partial charge < -0.3 is 9.16 Å². The summed E-state index contributed by atoms with van der Waals surface area (Å²) < 4.78 is 11.3. The monoisotopic (exact) mass is 353 g/mol. The first kappa shape index (κ1) is 19.0. The average Bonchev–Trinajstić information content (AvgIpc) is 2.81. The molecule has 1 fully saturated rings. The van der Waals surface area contributed by atoms with Crippen molar-refractivity contribution < 1.29 is 18.8 Å². The van der Waals surface area contributed by atoms with Crippen molar-refractivity contribution in [1.29, 1.82) is 0 Å². The Morgan fingerprint density at radius 2 is 2.00 bits per heavy atom. The quantitative estimate of drug-likeness (QED) is 0.710. The van der Waals surface area contributed by atoms with Crippen LogP contribution in [-0.2, 0) is 14.0 Å². The van der Waals surface area contributed by atoms with Crippen molar-refractivity contribution in [2.75, 3.05) is 13.2 Å². The molecule has 0 bridgehead atoms. The Morgan fingerprint density at radius 1 is 1.38 bits per heavy atom. The maximum Gasteiger partial charge on any atom is 0.416 e. The fourth-order valence-corrected chi connectivity index (χ4v) is 4.15. The predicted octanol–water partition coefficient (Wildman–Crippen LogP) is 4.31. The van der Waals surface area contributed by atoms with Crippen LogP contribution in [0.4, 0.5) is 4.79 Å². The second kappa shape index (κ2) is 6.21. The zero-order valence-corrected chi connectivity index (χ0v) is 17.1. The van der Waals surface area contributed by atoms with E-state index in [9.17, 15) is 9.59 Å². The van der Waals surface area contributed by atoms with Gasteiger partial charge in [0, 0.05) is 12.3 Å². The maximum atomic E-state index is 12.7. The minimum Gasteiger partial charge on any atom is -0.547 e. The van der Waals surface area contributed by atoms with E-state index in [4.69, 9.17) is 9.16 Å². The highest BCUT2D eigenvalue weighted by Gasteiger charge is 2.44. The Kier molecular flexibility index (Phi) is 4.92. The molecule has 0 spiro atoms. The Hall–Kier alpha value is -1.30. The van der Waals surface area contributed by atoms with Gasteiger partial charge in [-0.15, -0.1) is 0 Å². The first-order valence-corrected chi connectivity index (χ1v) is 11.6. The normalized spacial score (nSPS) is 24.5. The Morgan fingerprint density at radius 3 is 2.46 bits per heavy atom. The molecular formula is C18H31NO4Si. The van der Waals surface area contributed by atoms with E-state index in [-0.39, 0.29) is 22.3 Å². The van der Waals surface area contributed by atoms with Gasteiger partial charge in [-0.2, -0.15) is 0 Å². The van der Waals surface area contributed by atoms with Crippen molar-refractivity contribution in [3.05, 3.63) is 11.8 Å². The highest BCUT2D eigenvalue weighted by molar-refractivity contribution is 6.74. The number of allylic oxidation sites excluding steroid dienone is 2. The Balaban J connectivity index is 2.15. The van der Waals surface area contributed by atoms with Crippen LogP contribution in [0.3, 0.4) is 0 Å². The molecule has 0 aromatic rings. The standard InChI is InChI=1S/C18H31NO4Si/c1-17(2,3)24(6,7)23-13-8-9-14(18(4,5)12-13)15(20)19-10-11-22-16(19)21/h12,14H,8-11H2,1-7H3. The number of imide groups is 1. The highest BCUT2D eigenvalue weighted by atomic mass is 28.4. The molecule has 1 unspecified atom stereocenters. The molecule has 0 aromatic carbocycles. The van der Waals surface area contributed by atoms with E-state index in [1.165, 1.54) is 4.90 Å². The molecule has 6 heteroatoms. The van der Waals surface area contributed by atoms with Gasteiger partial charge in [-0.1, -0.05) is 34.6 Å². The van der Waals surface area contributed by atoms with Crippen molar-refractivity contribution in [3.63, 3.8) is 0 Å². The molecule has 0 radical (unpaired) electrons. The number of carbonyl (C=O) groups excluding carboxylic acids is 2. The van der Waals surface area contributed by atoms with Gasteiger partial charge in [0.15, 0.2) is 0 Å². The lowest BCUT2D eigenvalue weighted by atomic mass is 9.71. The summed E-state index contributed by atoms with van der Waals surface area (Å²) in [4.78, 5) is 25.7. The summed E-state index contributed by atoms with van der Waals surface area (Å²) in [5.74, 6) is 0.666. The lowest BCUT2D eigenvalue weighted by Crippen LogP contribution is -2.45. The molecule has 1 saturated heterocycles. The van der Waals surface area contributed by atoms with E-state index in [2.05, 4.69) is 39.9 Å². The van der Waals surface area contributed by atoms with E-state index in [1.807, 2.05) is 13.8 Å². The second-order valence-corrected chi connectivity index (χ2v) is 13.7. The van der Waals surface area contributed by atoms with E-state index >= 15 is 0 Å². The number of rotatable bonds is 3. The van der Waals surface area contributed by atoms with Gasteiger partial charge in [-0.3, -0.25) is 4.79 Å². The van der Waals surface area contributed by atoms with Crippen LogP contribution in [-0.4, -0.2) is 38.4 Å². The maximum absolute atomic E-state index is 12.7. The summed E-state index contributed by atoms with van der Waals surface area (Å²) in [7, 11) is -1.88. The molecule has 1 heterocycles. The summed E-state index contributed by atoms with van der Waals surface area (Å²) in [5.41, 5.74) is -0.337. The minimum absolute atomic E-state index is 0.120. The van der Waals surface area contributed by atoms with E-state index in [1.54, 1.807) is 0 Å². The number of nitrogens with zero attached hydrogens (tertiary/aromatic N) is 1. The van der Waals surface area contributed by atoms with Gasteiger partial charge in [0.2, 0.25) is 14.2 Å². The average molecular weight is 354 g/mol. The zero-order valence-electron chi connectivity index (χ0n) is 16.1. The summed E-state index contributed by atoms with van der Waals surface area (Å²) in [6, 6.07) is 0. The van der Waals surface area contributed by atoms with Gasteiger partial charge >= 0.3 is 6.09 Å². The van der Waals surface area contributed by atoms with Crippen LogP contribution >= 0.6 is 0 Å². The molecular weight excluding hydrogens is 322 g/mol. The SMILES string of the molecule is CC1(C)C=C(O[Si](C)(C)C(C)(C)C)CCC1C(=O)N1CCOC1=O. The number of carbonyl (C=O) groups is 2. The summed E-state index contributed by atoms with van der Waals surface area (Å²) in [6.07, 6.45) is 3.04. The first-order valence-electron chi connectivity index (χ1n) is 8.74. The molecule has 2 amide bonds. The highest BCUT2D eigenvalue weighted by Crippen LogP contribution is 2.44. The molecule has 1 aliphatic heterocycles. The van der Waals surface area contributed by atoms with Crippen LogP contribution in [0.15, 0.2) is 11.8 Å². The molecule has 0 saturated carbocycles. The number of cyclic esters (lactones) is 1. The van der Waals surface area contributed by atoms with Gasteiger partial charge in [0.1, 0.15) is 6.61 Å². The topological polar surface area (TPSA) is 55.8 Å². The van der Waals surface area contributed by atoms with Gasteiger partial charge in [0.25, 0.3) is 0 Å². The second-order valence-electron chi connectivity index (χ2n) is 8.99.